The molecule has 0 spiro atoms. The SMILES string of the molecule is CC1=C2C(C(=O)C(C)CS2(=O)=O)C(C)(C)C(C(=O)O)=C1. The summed E-state index contributed by atoms with van der Waals surface area (Å²) in [7, 11) is -3.51. The lowest BCUT2D eigenvalue weighted by molar-refractivity contribution is -0.135. The van der Waals surface area contributed by atoms with E-state index in [1.54, 1.807) is 27.7 Å². The van der Waals surface area contributed by atoms with Gasteiger partial charge in [0, 0.05) is 16.9 Å². The zero-order valence-corrected chi connectivity index (χ0v) is 12.7. The Morgan fingerprint density at radius 1 is 1.40 bits per heavy atom. The molecule has 1 N–H and O–H groups in total. The summed E-state index contributed by atoms with van der Waals surface area (Å²) < 4.78 is 24.7. The fourth-order valence-electron chi connectivity index (χ4n) is 3.22. The summed E-state index contributed by atoms with van der Waals surface area (Å²) in [4.78, 5) is 24.0. The maximum atomic E-state index is 12.5. The third-order valence-electron chi connectivity index (χ3n) is 4.23. The first-order valence-electron chi connectivity index (χ1n) is 6.43. The van der Waals surface area contributed by atoms with E-state index in [2.05, 4.69) is 0 Å². The molecule has 1 fully saturated rings. The molecule has 0 amide bonds. The van der Waals surface area contributed by atoms with Crippen LogP contribution in [0.4, 0.5) is 0 Å². The molecule has 0 saturated carbocycles. The highest BCUT2D eigenvalue weighted by molar-refractivity contribution is 7.95. The molecule has 1 aliphatic carbocycles. The molecule has 0 aromatic heterocycles. The van der Waals surface area contributed by atoms with Crippen molar-refractivity contribution in [3.63, 3.8) is 0 Å². The number of carboxylic acid groups (broad SMARTS) is 1. The van der Waals surface area contributed by atoms with Crippen molar-refractivity contribution in [2.24, 2.45) is 17.3 Å². The zero-order valence-electron chi connectivity index (χ0n) is 11.9. The van der Waals surface area contributed by atoms with Crippen LogP contribution in [0.25, 0.3) is 0 Å². The Hall–Kier alpha value is -1.43. The van der Waals surface area contributed by atoms with Crippen LogP contribution in [0.1, 0.15) is 27.7 Å². The number of hydrogen-bond acceptors (Lipinski definition) is 4. The van der Waals surface area contributed by atoms with Crippen molar-refractivity contribution in [3.8, 4) is 0 Å². The number of allylic oxidation sites excluding steroid dienone is 3. The van der Waals surface area contributed by atoms with Gasteiger partial charge in [0.05, 0.1) is 16.6 Å². The minimum absolute atomic E-state index is 0.0846. The lowest BCUT2D eigenvalue weighted by atomic mass is 9.65. The first-order chi connectivity index (χ1) is 9.00. The average Bonchev–Trinajstić information content (AvgIpc) is 2.27. The Kier molecular flexibility index (Phi) is 3.20. The smallest absolute Gasteiger partial charge is 0.332 e. The maximum Gasteiger partial charge on any atom is 0.332 e. The topological polar surface area (TPSA) is 88.5 Å². The molecule has 5 nitrogen and oxygen atoms in total. The highest BCUT2D eigenvalue weighted by Gasteiger charge is 2.53. The molecule has 2 atom stereocenters. The van der Waals surface area contributed by atoms with E-state index in [4.69, 9.17) is 0 Å². The fourth-order valence-corrected chi connectivity index (χ4v) is 5.54. The molecule has 110 valence electrons. The van der Waals surface area contributed by atoms with E-state index in [1.165, 1.54) is 6.08 Å². The molecule has 1 heterocycles. The molecule has 20 heavy (non-hydrogen) atoms. The van der Waals surface area contributed by atoms with E-state index >= 15 is 0 Å². The van der Waals surface area contributed by atoms with Gasteiger partial charge in [-0.25, -0.2) is 13.2 Å². The van der Waals surface area contributed by atoms with Crippen LogP contribution in [-0.4, -0.2) is 31.0 Å². The second-order valence-electron chi connectivity index (χ2n) is 6.15. The van der Waals surface area contributed by atoms with Crippen LogP contribution in [0, 0.1) is 17.3 Å². The Bertz CT molecular complexity index is 664. The van der Waals surface area contributed by atoms with Crippen molar-refractivity contribution in [1.82, 2.24) is 0 Å². The number of Topliss-reactive ketones (excluding diaryl/α,β-unsaturated/α-hetero) is 1. The van der Waals surface area contributed by atoms with Gasteiger partial charge in [0.1, 0.15) is 5.78 Å². The molecule has 2 aliphatic rings. The van der Waals surface area contributed by atoms with Gasteiger partial charge in [-0.2, -0.15) is 0 Å². The Morgan fingerprint density at radius 2 is 1.95 bits per heavy atom. The summed E-state index contributed by atoms with van der Waals surface area (Å²) >= 11 is 0. The molecule has 1 aliphatic heterocycles. The number of carboxylic acids is 1. The number of fused-ring (bicyclic) bond motifs is 1. The molecule has 0 bridgehead atoms. The number of carbonyl (C=O) groups excluding carboxylic acids is 1. The highest BCUT2D eigenvalue weighted by Crippen LogP contribution is 2.50. The summed E-state index contributed by atoms with van der Waals surface area (Å²) in [5, 5.41) is 9.31. The maximum absolute atomic E-state index is 12.5. The van der Waals surface area contributed by atoms with Crippen LogP contribution in [0.2, 0.25) is 0 Å². The van der Waals surface area contributed by atoms with Crippen molar-refractivity contribution >= 4 is 21.6 Å². The van der Waals surface area contributed by atoms with Crippen LogP contribution in [0.15, 0.2) is 22.1 Å². The first-order valence-corrected chi connectivity index (χ1v) is 8.08. The van der Waals surface area contributed by atoms with Crippen LogP contribution in [0.3, 0.4) is 0 Å². The minimum atomic E-state index is -3.51. The van der Waals surface area contributed by atoms with Gasteiger partial charge in [-0.05, 0) is 18.6 Å². The molecule has 1 saturated heterocycles. The summed E-state index contributed by atoms with van der Waals surface area (Å²) in [5.41, 5.74) is -0.576. The van der Waals surface area contributed by atoms with E-state index in [0.29, 0.717) is 5.57 Å². The fraction of sp³-hybridized carbons (Fsp3) is 0.571. The number of rotatable bonds is 1. The number of carbonyl (C=O) groups is 2. The van der Waals surface area contributed by atoms with Gasteiger partial charge in [-0.3, -0.25) is 4.79 Å². The van der Waals surface area contributed by atoms with Crippen molar-refractivity contribution in [2.45, 2.75) is 27.7 Å². The van der Waals surface area contributed by atoms with Gasteiger partial charge < -0.3 is 5.11 Å². The van der Waals surface area contributed by atoms with Gasteiger partial charge in [0.2, 0.25) is 0 Å². The number of ketones is 1. The summed E-state index contributed by atoms with van der Waals surface area (Å²) in [6.45, 7) is 6.38. The molecule has 0 radical (unpaired) electrons. The van der Waals surface area contributed by atoms with E-state index in [9.17, 15) is 23.1 Å². The van der Waals surface area contributed by atoms with Gasteiger partial charge in [-0.1, -0.05) is 20.8 Å². The molecule has 6 heteroatoms. The molecular weight excluding hydrogens is 280 g/mol. The van der Waals surface area contributed by atoms with Gasteiger partial charge in [-0.15, -0.1) is 0 Å². The van der Waals surface area contributed by atoms with E-state index in [1.807, 2.05) is 0 Å². The third kappa shape index (κ3) is 1.93. The predicted octanol–water partition coefficient (Wildman–Crippen LogP) is 1.56. The third-order valence-corrected chi connectivity index (χ3v) is 6.40. The highest BCUT2D eigenvalue weighted by atomic mass is 32.2. The van der Waals surface area contributed by atoms with Crippen LogP contribution < -0.4 is 0 Å². The van der Waals surface area contributed by atoms with E-state index in [-0.39, 0.29) is 22.0 Å². The Labute approximate surface area is 118 Å². The van der Waals surface area contributed by atoms with Gasteiger partial charge in [0.15, 0.2) is 9.84 Å². The minimum Gasteiger partial charge on any atom is -0.478 e. The quantitative estimate of drug-likeness (QED) is 0.793. The van der Waals surface area contributed by atoms with Crippen molar-refractivity contribution in [3.05, 3.63) is 22.1 Å². The summed E-state index contributed by atoms with van der Waals surface area (Å²) in [6.07, 6.45) is 1.38. The van der Waals surface area contributed by atoms with E-state index < -0.39 is 33.1 Å². The zero-order chi connectivity index (χ0) is 15.5. The molecule has 0 aromatic rings. The Balaban J connectivity index is 2.79. The number of sulfone groups is 1. The summed E-state index contributed by atoms with van der Waals surface area (Å²) in [5.74, 6) is -2.99. The monoisotopic (exact) mass is 298 g/mol. The van der Waals surface area contributed by atoms with Crippen molar-refractivity contribution < 1.29 is 23.1 Å². The second kappa shape index (κ2) is 4.28. The molecule has 0 aromatic carbocycles. The standard InChI is InChI=1S/C14H18O5S/c1-7-5-9(13(16)17)14(3,4)10-11(15)8(2)6-20(18,19)12(7)10/h5,8,10H,6H2,1-4H3,(H,16,17). The number of aliphatic carboxylic acids is 1. The summed E-state index contributed by atoms with van der Waals surface area (Å²) in [6, 6.07) is 0. The first kappa shape index (κ1) is 15.0. The van der Waals surface area contributed by atoms with Crippen LogP contribution in [0.5, 0.6) is 0 Å². The van der Waals surface area contributed by atoms with Crippen LogP contribution in [-0.2, 0) is 19.4 Å². The van der Waals surface area contributed by atoms with E-state index in [0.717, 1.165) is 0 Å². The lowest BCUT2D eigenvalue weighted by Crippen LogP contribution is -2.48. The molecular formula is C14H18O5S. The van der Waals surface area contributed by atoms with Crippen molar-refractivity contribution in [1.29, 1.82) is 0 Å². The second-order valence-corrected chi connectivity index (χ2v) is 8.15. The largest absolute Gasteiger partial charge is 0.478 e. The Morgan fingerprint density at radius 3 is 2.45 bits per heavy atom. The predicted molar refractivity (Wildman–Crippen MR) is 73.6 cm³/mol. The van der Waals surface area contributed by atoms with Crippen LogP contribution >= 0.6 is 0 Å². The lowest BCUT2D eigenvalue weighted by Gasteiger charge is -2.42. The van der Waals surface area contributed by atoms with Gasteiger partial charge >= 0.3 is 5.97 Å². The average molecular weight is 298 g/mol. The molecule has 2 unspecified atom stereocenters. The normalized spacial score (nSPS) is 31.6. The van der Waals surface area contributed by atoms with Gasteiger partial charge in [0.25, 0.3) is 0 Å². The van der Waals surface area contributed by atoms with Crippen molar-refractivity contribution in [2.75, 3.05) is 5.75 Å². The number of hydrogen-bond donors (Lipinski definition) is 1. The molecule has 2 rings (SSSR count).